The van der Waals surface area contributed by atoms with Crippen LogP contribution >= 0.6 is 0 Å². The number of amides is 1. The third-order valence-corrected chi connectivity index (χ3v) is 4.79. The van der Waals surface area contributed by atoms with Gasteiger partial charge >= 0.3 is 0 Å². The van der Waals surface area contributed by atoms with Gasteiger partial charge in [-0.1, -0.05) is 30.3 Å². The Morgan fingerprint density at radius 1 is 1.17 bits per heavy atom. The van der Waals surface area contributed by atoms with E-state index in [4.69, 9.17) is 0 Å². The smallest absolute Gasteiger partial charge is 0.225 e. The molecule has 0 aliphatic rings. The Balaban J connectivity index is 2.14. The van der Waals surface area contributed by atoms with Crippen LogP contribution in [0.15, 0.2) is 30.3 Å². The fourth-order valence-corrected chi connectivity index (χ4v) is 3.04. The van der Waals surface area contributed by atoms with E-state index in [1.807, 2.05) is 6.07 Å². The van der Waals surface area contributed by atoms with E-state index in [9.17, 15) is 4.79 Å². The summed E-state index contributed by atoms with van der Waals surface area (Å²) in [5, 5.41) is 5.37. The molecule has 1 aromatic rings. The predicted molar refractivity (Wildman–Crippen MR) is 100 cm³/mol. The second-order valence-electron chi connectivity index (χ2n) is 6.79. The van der Waals surface area contributed by atoms with Crippen molar-refractivity contribution in [3.63, 3.8) is 0 Å². The third-order valence-electron chi connectivity index (χ3n) is 4.79. The molecule has 0 radical (unpaired) electrons. The summed E-state index contributed by atoms with van der Waals surface area (Å²) >= 11 is 0. The molecule has 0 aromatic heterocycles. The van der Waals surface area contributed by atoms with Crippen LogP contribution in [-0.4, -0.2) is 38.1 Å². The summed E-state index contributed by atoms with van der Waals surface area (Å²) in [6.45, 7) is 13.2. The number of hydrogen-bond acceptors (Lipinski definition) is 1. The number of hydrogen-bond donors (Lipinski definition) is 3. The van der Waals surface area contributed by atoms with E-state index in [0.717, 1.165) is 13.0 Å². The lowest BCUT2D eigenvalue weighted by atomic mass is 10.1. The molecule has 4 heteroatoms. The molecule has 1 amide bonds. The largest absolute Gasteiger partial charge is 0.353 e. The van der Waals surface area contributed by atoms with E-state index in [1.54, 1.807) is 4.90 Å². The van der Waals surface area contributed by atoms with Crippen molar-refractivity contribution < 1.29 is 15.0 Å². The molecule has 0 bridgehead atoms. The maximum Gasteiger partial charge on any atom is 0.225 e. The molecule has 4 N–H and O–H groups in total. The van der Waals surface area contributed by atoms with E-state index in [1.165, 1.54) is 31.6 Å². The zero-order chi connectivity index (χ0) is 17.8. The van der Waals surface area contributed by atoms with Crippen molar-refractivity contribution in [1.82, 2.24) is 5.32 Å². The molecular weight excluding hydrogens is 298 g/mol. The lowest BCUT2D eigenvalue weighted by molar-refractivity contribution is -0.896. The Labute approximate surface area is 148 Å². The normalized spacial score (nSPS) is 13.7. The van der Waals surface area contributed by atoms with Crippen LogP contribution in [0.25, 0.3) is 0 Å². The molecule has 4 nitrogen and oxygen atoms in total. The van der Waals surface area contributed by atoms with Gasteiger partial charge in [0.05, 0.1) is 32.6 Å². The zero-order valence-corrected chi connectivity index (χ0v) is 16.0. The summed E-state index contributed by atoms with van der Waals surface area (Å²) in [6, 6.07) is 11.1. The van der Waals surface area contributed by atoms with E-state index in [-0.39, 0.29) is 11.9 Å². The molecule has 0 aliphatic carbocycles. The average Bonchev–Trinajstić information content (AvgIpc) is 2.59. The van der Waals surface area contributed by atoms with Crippen LogP contribution in [-0.2, 0) is 4.79 Å². The summed E-state index contributed by atoms with van der Waals surface area (Å²) in [7, 11) is 0. The SMILES string of the molecule is CC[NH+](CC)CCC[C@@H](C)NC(=O)CC[NH2+][C@@H](C)c1ccccc1. The highest BCUT2D eigenvalue weighted by atomic mass is 16.1. The van der Waals surface area contributed by atoms with Gasteiger partial charge in [0.1, 0.15) is 6.04 Å². The second-order valence-corrected chi connectivity index (χ2v) is 6.79. The van der Waals surface area contributed by atoms with Gasteiger partial charge in [-0.2, -0.15) is 0 Å². The van der Waals surface area contributed by atoms with Crippen molar-refractivity contribution in [3.05, 3.63) is 35.9 Å². The quantitative estimate of drug-likeness (QED) is 0.522. The van der Waals surface area contributed by atoms with Crippen molar-refractivity contribution in [2.45, 2.75) is 59.0 Å². The first-order valence-corrected chi connectivity index (χ1v) is 9.58. The highest BCUT2D eigenvalue weighted by molar-refractivity contribution is 5.76. The number of nitrogens with two attached hydrogens (primary N) is 1. The molecule has 24 heavy (non-hydrogen) atoms. The van der Waals surface area contributed by atoms with Crippen LogP contribution < -0.4 is 15.5 Å². The summed E-state index contributed by atoms with van der Waals surface area (Å²) in [6.07, 6.45) is 2.83. The van der Waals surface area contributed by atoms with Crippen LogP contribution in [0.1, 0.15) is 58.6 Å². The van der Waals surface area contributed by atoms with Crippen molar-refractivity contribution in [2.24, 2.45) is 0 Å². The Bertz CT molecular complexity index is 445. The number of rotatable bonds is 12. The Morgan fingerprint density at radius 2 is 1.83 bits per heavy atom. The molecule has 0 saturated carbocycles. The number of nitrogens with one attached hydrogen (secondary N) is 2. The van der Waals surface area contributed by atoms with Crippen LogP contribution in [0.2, 0.25) is 0 Å². The lowest BCUT2D eigenvalue weighted by Gasteiger charge is -2.18. The number of carbonyl (C=O) groups excluding carboxylic acids is 1. The molecule has 0 unspecified atom stereocenters. The van der Waals surface area contributed by atoms with Gasteiger partial charge < -0.3 is 15.5 Å². The van der Waals surface area contributed by atoms with Gasteiger partial charge in [-0.15, -0.1) is 0 Å². The average molecular weight is 336 g/mol. The molecule has 0 fully saturated rings. The highest BCUT2D eigenvalue weighted by Crippen LogP contribution is 2.06. The standard InChI is InChI=1S/C20H35N3O/c1-5-23(6-2)16-10-11-17(3)22-20(24)14-15-21-18(4)19-12-8-7-9-13-19/h7-9,12-13,17-18,21H,5-6,10-11,14-16H2,1-4H3,(H,22,24)/p+2/t17-,18+/m1/s1. The Kier molecular flexibility index (Phi) is 10.4. The van der Waals surface area contributed by atoms with Gasteiger partial charge in [-0.05, 0) is 40.5 Å². The monoisotopic (exact) mass is 335 g/mol. The molecular formula is C20H37N3O+2. The summed E-state index contributed by atoms with van der Waals surface area (Å²) in [4.78, 5) is 13.7. The summed E-state index contributed by atoms with van der Waals surface area (Å²) < 4.78 is 0. The predicted octanol–water partition coefficient (Wildman–Crippen LogP) is 0.911. The van der Waals surface area contributed by atoms with Crippen LogP contribution in [0.3, 0.4) is 0 Å². The van der Waals surface area contributed by atoms with E-state index < -0.39 is 0 Å². The van der Waals surface area contributed by atoms with Crippen LogP contribution in [0.5, 0.6) is 0 Å². The zero-order valence-electron chi connectivity index (χ0n) is 16.0. The van der Waals surface area contributed by atoms with Crippen molar-refractivity contribution in [3.8, 4) is 0 Å². The van der Waals surface area contributed by atoms with E-state index in [2.05, 4.69) is 62.6 Å². The number of benzene rings is 1. The summed E-state index contributed by atoms with van der Waals surface area (Å²) in [5.41, 5.74) is 1.31. The van der Waals surface area contributed by atoms with Gasteiger partial charge in [0.2, 0.25) is 5.91 Å². The molecule has 136 valence electrons. The first kappa shape index (κ1) is 20.7. The van der Waals surface area contributed by atoms with Gasteiger partial charge in [0.25, 0.3) is 0 Å². The third kappa shape index (κ3) is 8.46. The van der Waals surface area contributed by atoms with Gasteiger partial charge in [0, 0.05) is 11.6 Å². The minimum absolute atomic E-state index is 0.175. The molecule has 0 saturated heterocycles. The Morgan fingerprint density at radius 3 is 2.46 bits per heavy atom. The summed E-state index contributed by atoms with van der Waals surface area (Å²) in [5.74, 6) is 0.175. The first-order valence-electron chi connectivity index (χ1n) is 9.58. The second kappa shape index (κ2) is 12.0. The molecule has 1 aromatic carbocycles. The lowest BCUT2D eigenvalue weighted by Crippen LogP contribution is -3.11. The fraction of sp³-hybridized carbons (Fsp3) is 0.650. The number of quaternary nitrogens is 2. The van der Waals surface area contributed by atoms with Crippen molar-refractivity contribution >= 4 is 5.91 Å². The first-order chi connectivity index (χ1) is 11.6. The fourth-order valence-electron chi connectivity index (χ4n) is 3.04. The number of carbonyl (C=O) groups is 1. The molecule has 1 rings (SSSR count). The van der Waals surface area contributed by atoms with E-state index >= 15 is 0 Å². The minimum Gasteiger partial charge on any atom is -0.353 e. The van der Waals surface area contributed by atoms with Gasteiger partial charge in [0.15, 0.2) is 0 Å². The molecule has 2 atom stereocenters. The van der Waals surface area contributed by atoms with E-state index in [0.29, 0.717) is 12.5 Å². The molecule has 0 spiro atoms. The highest BCUT2D eigenvalue weighted by Gasteiger charge is 2.12. The molecule has 0 aliphatic heterocycles. The maximum absolute atomic E-state index is 12.0. The topological polar surface area (TPSA) is 50.1 Å². The van der Waals surface area contributed by atoms with Crippen molar-refractivity contribution in [1.29, 1.82) is 0 Å². The van der Waals surface area contributed by atoms with Gasteiger partial charge in [-0.25, -0.2) is 0 Å². The van der Waals surface area contributed by atoms with Crippen molar-refractivity contribution in [2.75, 3.05) is 26.2 Å². The Hall–Kier alpha value is -1.39. The minimum atomic E-state index is 0.175. The van der Waals surface area contributed by atoms with Crippen LogP contribution in [0, 0.1) is 0 Å². The molecule has 0 heterocycles. The van der Waals surface area contributed by atoms with Crippen LogP contribution in [0.4, 0.5) is 0 Å². The van der Waals surface area contributed by atoms with Gasteiger partial charge in [-0.3, -0.25) is 4.79 Å². The maximum atomic E-state index is 12.0.